The molecule has 2 aromatic rings. The van der Waals surface area contributed by atoms with E-state index in [1.807, 2.05) is 37.1 Å². The zero-order valence-corrected chi connectivity index (χ0v) is 18.4. The Balaban J connectivity index is 0.00000132. The first-order chi connectivity index (χ1) is 15.3. The second-order valence-electron chi connectivity index (χ2n) is 7.34. The number of hydrogen-bond donors (Lipinski definition) is 2. The summed E-state index contributed by atoms with van der Waals surface area (Å²) in [7, 11) is 0. The van der Waals surface area contributed by atoms with Crippen molar-refractivity contribution in [1.29, 1.82) is 0 Å². The van der Waals surface area contributed by atoms with Crippen molar-refractivity contribution in [3.8, 4) is 11.5 Å². The van der Waals surface area contributed by atoms with E-state index in [9.17, 15) is 5.11 Å². The number of rotatable bonds is 7. The lowest BCUT2D eigenvalue weighted by Gasteiger charge is -2.31. The van der Waals surface area contributed by atoms with Gasteiger partial charge in [0.15, 0.2) is 6.29 Å². The Morgan fingerprint density at radius 3 is 2.48 bits per heavy atom. The fourth-order valence-electron chi connectivity index (χ4n) is 3.46. The third kappa shape index (κ3) is 7.43. The minimum absolute atomic E-state index is 0.172. The molecule has 2 heterocycles. The molecule has 8 heteroatoms. The lowest BCUT2D eigenvalue weighted by Crippen LogP contribution is -2.34. The average molecular weight is 447 g/mol. The van der Waals surface area contributed by atoms with Gasteiger partial charge in [-0.3, -0.25) is 5.48 Å². The number of carbonyl (C=O) groups excluding carboxylic acids is 1. The van der Waals surface area contributed by atoms with Gasteiger partial charge in [-0.1, -0.05) is 12.1 Å². The van der Waals surface area contributed by atoms with Gasteiger partial charge >= 0.3 is 0 Å². The normalized spacial score (nSPS) is 19.8. The third-order valence-electron chi connectivity index (χ3n) is 5.09. The summed E-state index contributed by atoms with van der Waals surface area (Å²) in [6.45, 7) is 4.67. The maximum atomic E-state index is 9.39. The van der Waals surface area contributed by atoms with Crippen molar-refractivity contribution in [3.63, 3.8) is 0 Å². The molecule has 2 aliphatic heterocycles. The molecule has 1 unspecified atom stereocenters. The van der Waals surface area contributed by atoms with Crippen LogP contribution in [0.4, 0.5) is 5.69 Å². The summed E-state index contributed by atoms with van der Waals surface area (Å²) < 4.78 is 14.0. The number of phenols is 1. The van der Waals surface area contributed by atoms with Crippen LogP contribution in [0.1, 0.15) is 32.1 Å². The number of anilines is 1. The molecule has 2 saturated heterocycles. The lowest BCUT2D eigenvalue weighted by molar-refractivity contribution is -0.145. The first kappa shape index (κ1) is 23.4. The summed E-state index contributed by atoms with van der Waals surface area (Å²) >= 11 is 1.75. The molecule has 0 spiro atoms. The SMILES string of the molecule is C=O.Oc1ccc(OC2CCN(Sc3ccccc3NOC3CCCCO3)CC2)cc1. The summed E-state index contributed by atoms with van der Waals surface area (Å²) in [6, 6.07) is 15.1. The van der Waals surface area contributed by atoms with Gasteiger partial charge in [-0.15, -0.1) is 0 Å². The summed E-state index contributed by atoms with van der Waals surface area (Å²) in [5.41, 5.74) is 4.07. The van der Waals surface area contributed by atoms with Crippen molar-refractivity contribution in [2.45, 2.75) is 49.4 Å². The van der Waals surface area contributed by atoms with Crippen LogP contribution in [0.5, 0.6) is 11.5 Å². The number of nitrogens with zero attached hydrogens (tertiary/aromatic N) is 1. The van der Waals surface area contributed by atoms with Gasteiger partial charge in [-0.2, -0.15) is 0 Å². The highest BCUT2D eigenvalue weighted by Crippen LogP contribution is 2.33. The van der Waals surface area contributed by atoms with Crippen molar-refractivity contribution in [2.75, 3.05) is 25.2 Å². The number of hydrogen-bond acceptors (Lipinski definition) is 8. The number of phenolic OH excluding ortho intramolecular Hbond substituents is 1. The molecule has 0 aliphatic carbocycles. The predicted octanol–water partition coefficient (Wildman–Crippen LogP) is 4.63. The van der Waals surface area contributed by atoms with Crippen LogP contribution in [0.25, 0.3) is 0 Å². The molecule has 0 amide bonds. The molecule has 2 aliphatic rings. The monoisotopic (exact) mass is 446 g/mol. The van der Waals surface area contributed by atoms with Crippen LogP contribution in [-0.4, -0.2) is 48.3 Å². The standard InChI is InChI=1S/C22H28N2O4S.CH2O/c25-17-8-10-18(11-9-17)27-19-12-14-24(15-13-19)29-21-6-2-1-5-20(21)23-28-22-7-3-4-16-26-22;1-2/h1-2,5-6,8-11,19,22-23,25H,3-4,7,12-16H2;1H2. The third-order valence-corrected chi connectivity index (χ3v) is 6.27. The summed E-state index contributed by atoms with van der Waals surface area (Å²) in [5, 5.41) is 9.39. The molecule has 0 radical (unpaired) electrons. The molecule has 0 aromatic heterocycles. The van der Waals surface area contributed by atoms with Crippen LogP contribution < -0.4 is 10.2 Å². The molecule has 0 saturated carbocycles. The fraction of sp³-hybridized carbons (Fsp3) is 0.435. The minimum Gasteiger partial charge on any atom is -0.508 e. The summed E-state index contributed by atoms with van der Waals surface area (Å²) in [6.07, 6.45) is 5.15. The van der Waals surface area contributed by atoms with E-state index in [2.05, 4.69) is 15.9 Å². The lowest BCUT2D eigenvalue weighted by atomic mass is 10.1. The Morgan fingerprint density at radius 1 is 1.03 bits per heavy atom. The number of carbonyl (C=O) groups is 1. The smallest absolute Gasteiger partial charge is 0.183 e. The van der Waals surface area contributed by atoms with E-state index in [0.29, 0.717) is 0 Å². The predicted molar refractivity (Wildman–Crippen MR) is 121 cm³/mol. The van der Waals surface area contributed by atoms with Crippen molar-refractivity contribution >= 4 is 24.4 Å². The van der Waals surface area contributed by atoms with Gasteiger partial charge < -0.3 is 19.4 Å². The molecule has 168 valence electrons. The van der Waals surface area contributed by atoms with E-state index in [-0.39, 0.29) is 18.1 Å². The first-order valence-corrected chi connectivity index (χ1v) is 11.3. The van der Waals surface area contributed by atoms with Crippen molar-refractivity contribution < 1.29 is 24.2 Å². The maximum Gasteiger partial charge on any atom is 0.183 e. The molecule has 0 bridgehead atoms. The van der Waals surface area contributed by atoms with Crippen molar-refractivity contribution in [3.05, 3.63) is 48.5 Å². The van der Waals surface area contributed by atoms with E-state index in [1.165, 1.54) is 0 Å². The van der Waals surface area contributed by atoms with Gasteiger partial charge in [0.25, 0.3) is 0 Å². The maximum absolute atomic E-state index is 9.39. The second-order valence-corrected chi connectivity index (χ2v) is 8.48. The number of nitrogens with one attached hydrogen (secondary N) is 1. The largest absolute Gasteiger partial charge is 0.508 e. The Morgan fingerprint density at radius 2 is 1.77 bits per heavy atom. The van der Waals surface area contributed by atoms with Crippen LogP contribution >= 0.6 is 11.9 Å². The fourth-order valence-corrected chi connectivity index (χ4v) is 4.48. The molecular weight excluding hydrogens is 416 g/mol. The highest BCUT2D eigenvalue weighted by atomic mass is 32.2. The number of aromatic hydroxyl groups is 1. The van der Waals surface area contributed by atoms with E-state index < -0.39 is 0 Å². The van der Waals surface area contributed by atoms with Gasteiger partial charge in [-0.25, -0.2) is 9.14 Å². The highest BCUT2D eigenvalue weighted by molar-refractivity contribution is 7.97. The van der Waals surface area contributed by atoms with Crippen molar-refractivity contribution in [2.24, 2.45) is 0 Å². The number of benzene rings is 2. The topological polar surface area (TPSA) is 80.3 Å². The zero-order valence-electron chi connectivity index (χ0n) is 17.6. The molecule has 31 heavy (non-hydrogen) atoms. The molecule has 1 atom stereocenters. The molecule has 2 N–H and O–H groups in total. The highest BCUT2D eigenvalue weighted by Gasteiger charge is 2.22. The summed E-state index contributed by atoms with van der Waals surface area (Å²) in [5.74, 6) is 1.07. The Bertz CT molecular complexity index is 778. The summed E-state index contributed by atoms with van der Waals surface area (Å²) in [4.78, 5) is 14.9. The van der Waals surface area contributed by atoms with Gasteiger partial charge in [0, 0.05) is 31.0 Å². The van der Waals surface area contributed by atoms with Crippen LogP contribution in [-0.2, 0) is 14.4 Å². The molecule has 4 rings (SSSR count). The van der Waals surface area contributed by atoms with Crippen LogP contribution in [0, 0.1) is 0 Å². The van der Waals surface area contributed by atoms with Gasteiger partial charge in [0.1, 0.15) is 24.4 Å². The van der Waals surface area contributed by atoms with E-state index in [4.69, 9.17) is 19.1 Å². The Kier molecular flexibility index (Phi) is 9.48. The number of ether oxygens (including phenoxy) is 2. The molecule has 2 aromatic carbocycles. The average Bonchev–Trinajstić information content (AvgIpc) is 2.83. The van der Waals surface area contributed by atoms with Crippen molar-refractivity contribution in [1.82, 2.24) is 4.31 Å². The van der Waals surface area contributed by atoms with Gasteiger partial charge in [0.05, 0.1) is 5.69 Å². The molecular formula is C23H30N2O5S. The minimum atomic E-state index is -0.172. The second kappa shape index (κ2) is 12.6. The van der Waals surface area contributed by atoms with E-state index in [1.54, 1.807) is 24.1 Å². The van der Waals surface area contributed by atoms with Crippen LogP contribution in [0.3, 0.4) is 0 Å². The zero-order chi connectivity index (χ0) is 21.9. The molecule has 2 fully saturated rings. The number of piperidine rings is 1. The molecule has 7 nitrogen and oxygen atoms in total. The Labute approximate surface area is 187 Å². The quantitative estimate of drug-likeness (QED) is 0.471. The van der Waals surface area contributed by atoms with Gasteiger partial charge in [0.2, 0.25) is 0 Å². The van der Waals surface area contributed by atoms with E-state index >= 15 is 0 Å². The van der Waals surface area contributed by atoms with Crippen LogP contribution in [0.15, 0.2) is 53.4 Å². The Hall–Kier alpha value is -2.26. The van der Waals surface area contributed by atoms with Gasteiger partial charge in [-0.05, 0) is 74.0 Å². The van der Waals surface area contributed by atoms with E-state index in [0.717, 1.165) is 68.1 Å². The van der Waals surface area contributed by atoms with Crippen LogP contribution in [0.2, 0.25) is 0 Å². The number of para-hydroxylation sites is 1. The first-order valence-electron chi connectivity index (χ1n) is 10.6.